The number of hydrogen-bond donors (Lipinski definition) is 2. The maximum Gasteiger partial charge on any atom is 0.269 e. The standard InChI is InChI=1S/C12H13N3O2/c1-8-6-9(7-16)2-3-11(8)15-5-4-10(14-15)12(13)17/h2-6,16H,7H2,1H3,(H2,13,17). The molecule has 1 amide bonds. The van der Waals surface area contributed by atoms with E-state index in [2.05, 4.69) is 5.10 Å². The molecular weight excluding hydrogens is 218 g/mol. The lowest BCUT2D eigenvalue weighted by molar-refractivity contribution is 0.0995. The summed E-state index contributed by atoms with van der Waals surface area (Å²) in [6.45, 7) is 1.92. The zero-order valence-corrected chi connectivity index (χ0v) is 9.42. The average Bonchev–Trinajstić information content (AvgIpc) is 2.78. The van der Waals surface area contributed by atoms with Crippen LogP contribution < -0.4 is 5.73 Å². The molecule has 17 heavy (non-hydrogen) atoms. The van der Waals surface area contributed by atoms with E-state index in [1.54, 1.807) is 16.9 Å². The number of aryl methyl sites for hydroxylation is 1. The van der Waals surface area contributed by atoms with Gasteiger partial charge in [-0.15, -0.1) is 0 Å². The predicted octanol–water partition coefficient (Wildman–Crippen LogP) is 0.772. The third-order valence-electron chi connectivity index (χ3n) is 2.53. The Morgan fingerprint density at radius 3 is 2.76 bits per heavy atom. The summed E-state index contributed by atoms with van der Waals surface area (Å²) in [4.78, 5) is 10.9. The molecule has 1 heterocycles. The Labute approximate surface area is 98.5 Å². The van der Waals surface area contributed by atoms with Gasteiger partial charge >= 0.3 is 0 Å². The van der Waals surface area contributed by atoms with Crippen LogP contribution in [0.25, 0.3) is 5.69 Å². The molecule has 88 valence electrons. The number of amides is 1. The summed E-state index contributed by atoms with van der Waals surface area (Å²) < 4.78 is 1.59. The van der Waals surface area contributed by atoms with Crippen molar-refractivity contribution in [1.82, 2.24) is 9.78 Å². The Hall–Kier alpha value is -2.14. The molecule has 0 saturated heterocycles. The fourth-order valence-electron chi connectivity index (χ4n) is 1.66. The summed E-state index contributed by atoms with van der Waals surface area (Å²) in [5.74, 6) is -0.548. The molecule has 2 rings (SSSR count). The molecule has 0 spiro atoms. The minimum absolute atomic E-state index is 0.00671. The van der Waals surface area contributed by atoms with Gasteiger partial charge in [0.25, 0.3) is 5.91 Å². The van der Waals surface area contributed by atoms with Gasteiger partial charge in [-0.05, 0) is 30.2 Å². The van der Waals surface area contributed by atoms with Crippen LogP contribution in [0.1, 0.15) is 21.6 Å². The maximum absolute atomic E-state index is 10.9. The number of aliphatic hydroxyl groups excluding tert-OH is 1. The van der Waals surface area contributed by atoms with E-state index in [0.29, 0.717) is 0 Å². The van der Waals surface area contributed by atoms with Crippen LogP contribution in [0.3, 0.4) is 0 Å². The van der Waals surface area contributed by atoms with E-state index >= 15 is 0 Å². The summed E-state index contributed by atoms with van der Waals surface area (Å²) in [6, 6.07) is 7.11. The van der Waals surface area contributed by atoms with Crippen molar-refractivity contribution in [3.05, 3.63) is 47.3 Å². The second-order valence-corrected chi connectivity index (χ2v) is 3.79. The lowest BCUT2D eigenvalue weighted by Gasteiger charge is -2.07. The van der Waals surface area contributed by atoms with Gasteiger partial charge in [-0.2, -0.15) is 5.10 Å². The monoisotopic (exact) mass is 231 g/mol. The second kappa shape index (κ2) is 4.39. The molecule has 0 saturated carbocycles. The van der Waals surface area contributed by atoms with Crippen LogP contribution in [0, 0.1) is 6.92 Å². The number of rotatable bonds is 3. The molecule has 0 fully saturated rings. The number of carbonyl (C=O) groups is 1. The van der Waals surface area contributed by atoms with Gasteiger partial charge < -0.3 is 10.8 Å². The van der Waals surface area contributed by atoms with Crippen LogP contribution in [0.5, 0.6) is 0 Å². The van der Waals surface area contributed by atoms with Gasteiger partial charge in [-0.25, -0.2) is 4.68 Å². The van der Waals surface area contributed by atoms with E-state index in [9.17, 15) is 4.79 Å². The number of hydrogen-bond acceptors (Lipinski definition) is 3. The third kappa shape index (κ3) is 2.19. The minimum atomic E-state index is -0.548. The van der Waals surface area contributed by atoms with Crippen LogP contribution in [0.15, 0.2) is 30.5 Å². The van der Waals surface area contributed by atoms with Crippen molar-refractivity contribution in [1.29, 1.82) is 0 Å². The number of primary amides is 1. The first-order chi connectivity index (χ1) is 8.11. The number of nitrogens with zero attached hydrogens (tertiary/aromatic N) is 2. The highest BCUT2D eigenvalue weighted by atomic mass is 16.3. The highest BCUT2D eigenvalue weighted by Gasteiger charge is 2.07. The minimum Gasteiger partial charge on any atom is -0.392 e. The van der Waals surface area contributed by atoms with E-state index in [0.717, 1.165) is 16.8 Å². The van der Waals surface area contributed by atoms with Gasteiger partial charge in [0.2, 0.25) is 0 Å². The normalized spacial score (nSPS) is 10.5. The lowest BCUT2D eigenvalue weighted by atomic mass is 10.1. The van der Waals surface area contributed by atoms with Crippen LogP contribution in [0.2, 0.25) is 0 Å². The van der Waals surface area contributed by atoms with Gasteiger partial charge in [0.1, 0.15) is 5.69 Å². The number of aliphatic hydroxyl groups is 1. The Kier molecular flexibility index (Phi) is 2.93. The molecule has 0 unspecified atom stereocenters. The first-order valence-corrected chi connectivity index (χ1v) is 5.18. The largest absolute Gasteiger partial charge is 0.392 e. The predicted molar refractivity (Wildman–Crippen MR) is 62.7 cm³/mol. The van der Waals surface area contributed by atoms with Crippen molar-refractivity contribution >= 4 is 5.91 Å². The van der Waals surface area contributed by atoms with E-state index in [1.807, 2.05) is 25.1 Å². The highest BCUT2D eigenvalue weighted by Crippen LogP contribution is 2.15. The zero-order chi connectivity index (χ0) is 12.4. The Morgan fingerprint density at radius 1 is 1.47 bits per heavy atom. The summed E-state index contributed by atoms with van der Waals surface area (Å²) in [7, 11) is 0. The van der Waals surface area contributed by atoms with Crippen molar-refractivity contribution in [2.45, 2.75) is 13.5 Å². The fourth-order valence-corrected chi connectivity index (χ4v) is 1.66. The van der Waals surface area contributed by atoms with Gasteiger partial charge in [-0.1, -0.05) is 12.1 Å². The van der Waals surface area contributed by atoms with E-state index < -0.39 is 5.91 Å². The second-order valence-electron chi connectivity index (χ2n) is 3.79. The summed E-state index contributed by atoms with van der Waals surface area (Å²) in [6.07, 6.45) is 1.68. The van der Waals surface area contributed by atoms with Gasteiger partial charge in [0, 0.05) is 6.20 Å². The average molecular weight is 231 g/mol. The van der Waals surface area contributed by atoms with Crippen molar-refractivity contribution in [3.8, 4) is 5.69 Å². The van der Waals surface area contributed by atoms with Gasteiger partial charge in [-0.3, -0.25) is 4.79 Å². The van der Waals surface area contributed by atoms with Crippen molar-refractivity contribution in [2.75, 3.05) is 0 Å². The molecule has 0 aliphatic carbocycles. The Bertz CT molecular complexity index is 561. The molecule has 0 bridgehead atoms. The number of benzene rings is 1. The molecule has 0 aliphatic rings. The smallest absolute Gasteiger partial charge is 0.269 e. The van der Waals surface area contributed by atoms with Gasteiger partial charge in [0.15, 0.2) is 0 Å². The van der Waals surface area contributed by atoms with Crippen LogP contribution in [0.4, 0.5) is 0 Å². The summed E-state index contributed by atoms with van der Waals surface area (Å²) in [5, 5.41) is 13.1. The van der Waals surface area contributed by atoms with Crippen LogP contribution in [-0.2, 0) is 6.61 Å². The van der Waals surface area contributed by atoms with E-state index in [1.165, 1.54) is 0 Å². The summed E-state index contributed by atoms with van der Waals surface area (Å²) >= 11 is 0. The van der Waals surface area contributed by atoms with Crippen molar-refractivity contribution in [2.24, 2.45) is 5.73 Å². The van der Waals surface area contributed by atoms with Crippen LogP contribution >= 0.6 is 0 Å². The molecule has 5 heteroatoms. The van der Waals surface area contributed by atoms with E-state index in [-0.39, 0.29) is 12.3 Å². The number of nitrogens with two attached hydrogens (primary N) is 1. The summed E-state index contributed by atoms with van der Waals surface area (Å²) in [5.41, 5.74) is 8.04. The molecule has 0 aliphatic heterocycles. The molecule has 1 aromatic carbocycles. The quantitative estimate of drug-likeness (QED) is 0.818. The number of carbonyl (C=O) groups excluding carboxylic acids is 1. The van der Waals surface area contributed by atoms with E-state index in [4.69, 9.17) is 10.8 Å². The zero-order valence-electron chi connectivity index (χ0n) is 9.42. The third-order valence-corrected chi connectivity index (χ3v) is 2.53. The first-order valence-electron chi connectivity index (χ1n) is 5.18. The fraction of sp³-hybridized carbons (Fsp3) is 0.167. The van der Waals surface area contributed by atoms with Crippen molar-refractivity contribution < 1.29 is 9.90 Å². The van der Waals surface area contributed by atoms with Crippen molar-refractivity contribution in [3.63, 3.8) is 0 Å². The first kappa shape index (κ1) is 11.3. The Morgan fingerprint density at radius 2 is 2.24 bits per heavy atom. The molecule has 2 aromatic rings. The molecule has 1 aromatic heterocycles. The molecule has 0 atom stereocenters. The Balaban J connectivity index is 2.42. The number of aromatic nitrogens is 2. The lowest BCUT2D eigenvalue weighted by Crippen LogP contribution is -2.12. The van der Waals surface area contributed by atoms with Crippen LogP contribution in [-0.4, -0.2) is 20.8 Å². The SMILES string of the molecule is Cc1cc(CO)ccc1-n1ccc(C(N)=O)n1. The maximum atomic E-state index is 10.9. The molecule has 3 N–H and O–H groups in total. The van der Waals surface area contributed by atoms with Gasteiger partial charge in [0.05, 0.1) is 12.3 Å². The molecule has 0 radical (unpaired) electrons. The highest BCUT2D eigenvalue weighted by molar-refractivity contribution is 5.90. The molecular formula is C12H13N3O2. The molecule has 5 nitrogen and oxygen atoms in total. The topological polar surface area (TPSA) is 81.1 Å².